The summed E-state index contributed by atoms with van der Waals surface area (Å²) in [5, 5.41) is 0. The number of ether oxygens (including phenoxy) is 2. The summed E-state index contributed by atoms with van der Waals surface area (Å²) in [5.74, 6) is -0.156. The van der Waals surface area contributed by atoms with E-state index in [1.807, 2.05) is 34.6 Å². The molecular weight excluding hydrogens is 396 g/mol. The van der Waals surface area contributed by atoms with E-state index in [2.05, 4.69) is 43.3 Å². The van der Waals surface area contributed by atoms with Crippen LogP contribution in [-0.2, 0) is 27.3 Å². The number of allylic oxidation sites excluding steroid dienone is 1. The van der Waals surface area contributed by atoms with E-state index in [0.29, 0.717) is 19.6 Å². The normalized spacial score (nSPS) is 12.4. The molecular formula is C29H48O3. The maximum atomic E-state index is 12.5. The first kappa shape index (κ1) is 28.4. The van der Waals surface area contributed by atoms with Crippen LogP contribution in [0.3, 0.4) is 0 Å². The Morgan fingerprint density at radius 1 is 0.812 bits per heavy atom. The predicted molar refractivity (Wildman–Crippen MR) is 136 cm³/mol. The average molecular weight is 445 g/mol. The first-order valence-corrected chi connectivity index (χ1v) is 12.7. The van der Waals surface area contributed by atoms with Gasteiger partial charge in [-0.25, -0.2) is 0 Å². The predicted octanol–water partition coefficient (Wildman–Crippen LogP) is 8.20. The lowest BCUT2D eigenvalue weighted by molar-refractivity contribution is -0.165. The second-order valence-corrected chi connectivity index (χ2v) is 10.6. The summed E-state index contributed by atoms with van der Waals surface area (Å²) in [6, 6.07) is 8.35. The van der Waals surface area contributed by atoms with Crippen molar-refractivity contribution in [1.82, 2.24) is 0 Å². The third-order valence-electron chi connectivity index (χ3n) is 5.49. The number of rotatable bonds is 16. The van der Waals surface area contributed by atoms with Gasteiger partial charge in [0.15, 0.2) is 0 Å². The Balaban J connectivity index is 2.20. The van der Waals surface area contributed by atoms with E-state index in [4.69, 9.17) is 9.47 Å². The highest BCUT2D eigenvalue weighted by Crippen LogP contribution is 2.26. The summed E-state index contributed by atoms with van der Waals surface area (Å²) in [5.41, 5.74) is 1.28. The maximum absolute atomic E-state index is 12.5. The Kier molecular flexibility index (Phi) is 13.6. The van der Waals surface area contributed by atoms with Gasteiger partial charge in [-0.2, -0.15) is 0 Å². The monoisotopic (exact) mass is 444 g/mol. The lowest BCUT2D eigenvalue weighted by atomic mass is 9.85. The molecule has 0 aliphatic carbocycles. The Bertz CT molecular complexity index is 650. The van der Waals surface area contributed by atoms with Crippen molar-refractivity contribution in [3.8, 4) is 0 Å². The molecule has 0 aromatic heterocycles. The third kappa shape index (κ3) is 13.7. The fraction of sp³-hybridized carbons (Fsp3) is 0.690. The molecule has 0 saturated carbocycles. The molecule has 1 rings (SSSR count). The van der Waals surface area contributed by atoms with Crippen LogP contribution in [-0.4, -0.2) is 18.2 Å². The van der Waals surface area contributed by atoms with Gasteiger partial charge in [-0.3, -0.25) is 4.79 Å². The molecule has 0 unspecified atom stereocenters. The minimum atomic E-state index is -0.550. The smallest absolute Gasteiger partial charge is 0.312 e. The van der Waals surface area contributed by atoms with Gasteiger partial charge in [0.25, 0.3) is 0 Å². The van der Waals surface area contributed by atoms with E-state index < -0.39 is 11.0 Å². The summed E-state index contributed by atoms with van der Waals surface area (Å²) < 4.78 is 11.3. The summed E-state index contributed by atoms with van der Waals surface area (Å²) >= 11 is 0. The zero-order valence-corrected chi connectivity index (χ0v) is 21.7. The molecule has 0 fully saturated rings. The minimum Gasteiger partial charge on any atom is -0.460 e. The van der Waals surface area contributed by atoms with Crippen molar-refractivity contribution in [1.29, 1.82) is 0 Å². The van der Waals surface area contributed by atoms with Crippen molar-refractivity contribution < 1.29 is 14.3 Å². The van der Waals surface area contributed by atoms with Gasteiger partial charge in [-0.05, 0) is 65.0 Å². The van der Waals surface area contributed by atoms with Crippen molar-refractivity contribution in [2.45, 2.75) is 118 Å². The zero-order chi connectivity index (χ0) is 23.9. The van der Waals surface area contributed by atoms with Gasteiger partial charge in [-0.15, -0.1) is 0 Å². The summed E-state index contributed by atoms with van der Waals surface area (Å²) in [7, 11) is 0. The molecule has 3 heteroatoms. The number of unbranched alkanes of at least 4 members (excludes halogenated alkanes) is 8. The van der Waals surface area contributed by atoms with Crippen LogP contribution in [0.15, 0.2) is 36.4 Å². The van der Waals surface area contributed by atoms with Crippen LogP contribution in [0.5, 0.6) is 0 Å². The van der Waals surface area contributed by atoms with E-state index in [1.54, 1.807) is 0 Å². The number of esters is 1. The van der Waals surface area contributed by atoms with Crippen molar-refractivity contribution in [2.75, 3.05) is 6.61 Å². The van der Waals surface area contributed by atoms with E-state index >= 15 is 0 Å². The van der Waals surface area contributed by atoms with Crippen molar-refractivity contribution in [3.05, 3.63) is 47.5 Å². The largest absolute Gasteiger partial charge is 0.460 e. The number of benzene rings is 1. The second-order valence-electron chi connectivity index (χ2n) is 10.6. The van der Waals surface area contributed by atoms with E-state index in [9.17, 15) is 4.79 Å². The van der Waals surface area contributed by atoms with E-state index in [0.717, 1.165) is 17.5 Å². The molecule has 0 radical (unpaired) electrons. The molecule has 0 N–H and O–H groups in total. The molecule has 3 nitrogen and oxygen atoms in total. The highest BCUT2D eigenvalue weighted by atomic mass is 16.6. The third-order valence-corrected chi connectivity index (χ3v) is 5.49. The number of carbonyl (C=O) groups is 1. The quantitative estimate of drug-likeness (QED) is 0.146. The summed E-state index contributed by atoms with van der Waals surface area (Å²) in [6.45, 7) is 13.1. The van der Waals surface area contributed by atoms with Gasteiger partial charge < -0.3 is 9.47 Å². The standard InChI is InChI=1S/C29H48O3/c1-7-8-9-10-11-12-13-14-15-16-17-22-31-24-26-20-18-25(19-21-26)23-29(5,6)27(30)32-28(2,3)4/h16-21H,7-15,22-24H2,1-6H3/b17-16+. The molecule has 182 valence electrons. The highest BCUT2D eigenvalue weighted by Gasteiger charge is 2.32. The van der Waals surface area contributed by atoms with Crippen LogP contribution in [0.4, 0.5) is 0 Å². The molecule has 0 atom stereocenters. The fourth-order valence-corrected chi connectivity index (χ4v) is 3.58. The Morgan fingerprint density at radius 3 is 1.97 bits per heavy atom. The van der Waals surface area contributed by atoms with Gasteiger partial charge in [0.1, 0.15) is 5.60 Å². The van der Waals surface area contributed by atoms with Crippen LogP contribution in [0.1, 0.15) is 110 Å². The number of hydrogen-bond donors (Lipinski definition) is 0. The summed E-state index contributed by atoms with van der Waals surface area (Å²) in [4.78, 5) is 12.5. The van der Waals surface area contributed by atoms with Gasteiger partial charge in [0, 0.05) is 0 Å². The van der Waals surface area contributed by atoms with Gasteiger partial charge in [-0.1, -0.05) is 88.3 Å². The lowest BCUT2D eigenvalue weighted by Gasteiger charge is -2.28. The van der Waals surface area contributed by atoms with Gasteiger partial charge >= 0.3 is 5.97 Å². The molecule has 1 aromatic carbocycles. The molecule has 0 bridgehead atoms. The van der Waals surface area contributed by atoms with E-state index in [1.165, 1.54) is 51.4 Å². The topological polar surface area (TPSA) is 35.5 Å². The molecule has 0 heterocycles. The molecule has 0 saturated heterocycles. The lowest BCUT2D eigenvalue weighted by Crippen LogP contribution is -2.35. The van der Waals surface area contributed by atoms with Crippen molar-refractivity contribution in [2.24, 2.45) is 5.41 Å². The highest BCUT2D eigenvalue weighted by molar-refractivity contribution is 5.76. The molecule has 0 aliphatic heterocycles. The molecule has 0 aliphatic rings. The molecule has 0 spiro atoms. The first-order valence-electron chi connectivity index (χ1n) is 12.7. The Morgan fingerprint density at radius 2 is 1.38 bits per heavy atom. The number of hydrogen-bond acceptors (Lipinski definition) is 3. The fourth-order valence-electron chi connectivity index (χ4n) is 3.58. The van der Waals surface area contributed by atoms with Gasteiger partial charge in [0.2, 0.25) is 0 Å². The second kappa shape index (κ2) is 15.3. The maximum Gasteiger partial charge on any atom is 0.312 e. The molecule has 1 aromatic rings. The van der Waals surface area contributed by atoms with Crippen LogP contribution in [0, 0.1) is 5.41 Å². The Labute approximate surface area is 198 Å². The van der Waals surface area contributed by atoms with Crippen molar-refractivity contribution >= 4 is 5.97 Å². The Hall–Kier alpha value is -1.61. The van der Waals surface area contributed by atoms with Crippen LogP contribution in [0.25, 0.3) is 0 Å². The SMILES string of the molecule is CCCCCCCCCC/C=C/COCc1ccc(CC(C)(C)C(=O)OC(C)(C)C)cc1. The van der Waals surface area contributed by atoms with Gasteiger partial charge in [0.05, 0.1) is 18.6 Å². The van der Waals surface area contributed by atoms with Crippen LogP contribution >= 0.6 is 0 Å². The van der Waals surface area contributed by atoms with Crippen molar-refractivity contribution in [3.63, 3.8) is 0 Å². The summed E-state index contributed by atoms with van der Waals surface area (Å²) in [6.07, 6.45) is 17.1. The molecule has 32 heavy (non-hydrogen) atoms. The average Bonchev–Trinajstić information content (AvgIpc) is 2.71. The van der Waals surface area contributed by atoms with Crippen LogP contribution in [0.2, 0.25) is 0 Å². The first-order chi connectivity index (χ1) is 15.1. The minimum absolute atomic E-state index is 0.156. The number of carbonyl (C=O) groups excluding carboxylic acids is 1. The molecule has 0 amide bonds. The van der Waals surface area contributed by atoms with E-state index in [-0.39, 0.29) is 5.97 Å². The zero-order valence-electron chi connectivity index (χ0n) is 21.7. The van der Waals surface area contributed by atoms with Crippen LogP contribution < -0.4 is 0 Å².